The van der Waals surface area contributed by atoms with Gasteiger partial charge in [-0.3, -0.25) is 9.69 Å². The summed E-state index contributed by atoms with van der Waals surface area (Å²) in [6.07, 6.45) is 0. The Morgan fingerprint density at radius 2 is 1.95 bits per heavy atom. The Balaban J connectivity index is 2.10. The Labute approximate surface area is 118 Å². The lowest BCUT2D eigenvalue weighted by Gasteiger charge is -2.14. The van der Waals surface area contributed by atoms with Gasteiger partial charge in [0.25, 0.3) is 0 Å². The van der Waals surface area contributed by atoms with Gasteiger partial charge in [0.15, 0.2) is 0 Å². The molecule has 0 bridgehead atoms. The Hall–Kier alpha value is -2.14. The first-order chi connectivity index (χ1) is 9.45. The van der Waals surface area contributed by atoms with Crippen molar-refractivity contribution in [3.05, 3.63) is 47.3 Å². The first kappa shape index (κ1) is 14.3. The smallest absolute Gasteiger partial charge is 0.317 e. The molecular weight excluding hydrogens is 254 g/mol. The number of aromatic nitrogens is 2. The maximum Gasteiger partial charge on any atom is 0.317 e. The van der Waals surface area contributed by atoms with E-state index in [0.29, 0.717) is 6.54 Å². The fourth-order valence-corrected chi connectivity index (χ4v) is 2.23. The van der Waals surface area contributed by atoms with E-state index < -0.39 is 5.97 Å². The van der Waals surface area contributed by atoms with Crippen LogP contribution >= 0.6 is 0 Å². The van der Waals surface area contributed by atoms with Crippen LogP contribution in [0.2, 0.25) is 0 Å². The van der Waals surface area contributed by atoms with Crippen molar-refractivity contribution < 1.29 is 9.90 Å². The van der Waals surface area contributed by atoms with Gasteiger partial charge in [-0.05, 0) is 44.7 Å². The average molecular weight is 273 g/mol. The number of hydrogen-bond acceptors (Lipinski definition) is 3. The van der Waals surface area contributed by atoms with Crippen LogP contribution in [-0.4, -0.2) is 39.3 Å². The van der Waals surface area contributed by atoms with E-state index in [1.165, 1.54) is 0 Å². The maximum atomic E-state index is 10.6. The third kappa shape index (κ3) is 3.45. The third-order valence-electron chi connectivity index (χ3n) is 3.05. The van der Waals surface area contributed by atoms with Gasteiger partial charge in [-0.25, -0.2) is 4.68 Å². The molecule has 0 amide bonds. The SMILES string of the molecule is Cc1cc(C)n(-c2ccc(CN(C)CC(=O)O)cc2)n1. The summed E-state index contributed by atoms with van der Waals surface area (Å²) < 4.78 is 1.90. The molecule has 20 heavy (non-hydrogen) atoms. The molecule has 2 rings (SSSR count). The molecule has 0 atom stereocenters. The fourth-order valence-electron chi connectivity index (χ4n) is 2.23. The van der Waals surface area contributed by atoms with E-state index in [1.807, 2.05) is 48.9 Å². The predicted octanol–water partition coefficient (Wildman–Crippen LogP) is 2.01. The molecule has 5 heteroatoms. The summed E-state index contributed by atoms with van der Waals surface area (Å²) in [6, 6.07) is 10.1. The molecule has 1 aromatic carbocycles. The highest BCUT2D eigenvalue weighted by Crippen LogP contribution is 2.13. The largest absolute Gasteiger partial charge is 0.480 e. The van der Waals surface area contributed by atoms with E-state index in [2.05, 4.69) is 5.10 Å². The first-order valence-corrected chi connectivity index (χ1v) is 6.48. The molecule has 5 nitrogen and oxygen atoms in total. The van der Waals surface area contributed by atoms with Gasteiger partial charge in [-0.15, -0.1) is 0 Å². The second-order valence-corrected chi connectivity index (χ2v) is 5.07. The summed E-state index contributed by atoms with van der Waals surface area (Å²) >= 11 is 0. The Bertz CT molecular complexity index is 602. The van der Waals surface area contributed by atoms with E-state index in [4.69, 9.17) is 5.11 Å². The zero-order valence-electron chi connectivity index (χ0n) is 12.0. The average Bonchev–Trinajstić information content (AvgIpc) is 2.68. The Morgan fingerprint density at radius 3 is 2.45 bits per heavy atom. The van der Waals surface area contributed by atoms with E-state index in [-0.39, 0.29) is 6.54 Å². The molecule has 0 saturated carbocycles. The van der Waals surface area contributed by atoms with Crippen LogP contribution in [0.5, 0.6) is 0 Å². The second kappa shape index (κ2) is 5.88. The van der Waals surface area contributed by atoms with Crippen molar-refractivity contribution in [3.8, 4) is 5.69 Å². The lowest BCUT2D eigenvalue weighted by Crippen LogP contribution is -2.25. The molecule has 2 aromatic rings. The second-order valence-electron chi connectivity index (χ2n) is 5.07. The number of nitrogens with zero attached hydrogens (tertiary/aromatic N) is 3. The van der Waals surface area contributed by atoms with Crippen molar-refractivity contribution in [3.63, 3.8) is 0 Å². The molecule has 0 unspecified atom stereocenters. The van der Waals surface area contributed by atoms with Crippen LogP contribution in [0, 0.1) is 13.8 Å². The van der Waals surface area contributed by atoms with Crippen LogP contribution in [0.3, 0.4) is 0 Å². The number of rotatable bonds is 5. The summed E-state index contributed by atoms with van der Waals surface area (Å²) in [7, 11) is 1.79. The first-order valence-electron chi connectivity index (χ1n) is 6.48. The highest BCUT2D eigenvalue weighted by Gasteiger charge is 2.06. The minimum absolute atomic E-state index is 0.0409. The van der Waals surface area contributed by atoms with Crippen LogP contribution in [0.4, 0.5) is 0 Å². The zero-order chi connectivity index (χ0) is 14.7. The van der Waals surface area contributed by atoms with E-state index in [1.54, 1.807) is 11.9 Å². The van der Waals surface area contributed by atoms with E-state index in [0.717, 1.165) is 22.6 Å². The van der Waals surface area contributed by atoms with Gasteiger partial charge in [0, 0.05) is 12.2 Å². The van der Waals surface area contributed by atoms with Gasteiger partial charge in [-0.2, -0.15) is 5.10 Å². The normalized spacial score (nSPS) is 11.0. The number of carboxylic acids is 1. The monoisotopic (exact) mass is 273 g/mol. The van der Waals surface area contributed by atoms with Crippen molar-refractivity contribution in [2.45, 2.75) is 20.4 Å². The summed E-state index contributed by atoms with van der Waals surface area (Å²) in [5, 5.41) is 13.2. The van der Waals surface area contributed by atoms with E-state index >= 15 is 0 Å². The van der Waals surface area contributed by atoms with Crippen molar-refractivity contribution >= 4 is 5.97 Å². The molecule has 0 saturated heterocycles. The van der Waals surface area contributed by atoms with Gasteiger partial charge in [0.1, 0.15) is 0 Å². The van der Waals surface area contributed by atoms with Crippen molar-refractivity contribution in [2.75, 3.05) is 13.6 Å². The summed E-state index contributed by atoms with van der Waals surface area (Å²) in [5.74, 6) is -0.813. The molecule has 1 heterocycles. The number of hydrogen-bond donors (Lipinski definition) is 1. The van der Waals surface area contributed by atoms with Crippen LogP contribution < -0.4 is 0 Å². The van der Waals surface area contributed by atoms with Gasteiger partial charge in [-0.1, -0.05) is 12.1 Å². The lowest BCUT2D eigenvalue weighted by molar-refractivity contribution is -0.138. The zero-order valence-corrected chi connectivity index (χ0v) is 12.0. The topological polar surface area (TPSA) is 58.4 Å². The third-order valence-corrected chi connectivity index (χ3v) is 3.05. The lowest BCUT2D eigenvalue weighted by atomic mass is 10.2. The minimum atomic E-state index is -0.813. The van der Waals surface area contributed by atoms with Gasteiger partial charge < -0.3 is 5.11 Å². The quantitative estimate of drug-likeness (QED) is 0.905. The molecular formula is C15H19N3O2. The highest BCUT2D eigenvalue weighted by molar-refractivity contribution is 5.69. The molecule has 0 aliphatic rings. The standard InChI is InChI=1S/C15H19N3O2/c1-11-8-12(2)18(16-11)14-6-4-13(5-7-14)9-17(3)10-15(19)20/h4-8H,9-10H2,1-3H3,(H,19,20). The minimum Gasteiger partial charge on any atom is -0.480 e. The number of carbonyl (C=O) groups is 1. The molecule has 106 valence electrons. The summed E-state index contributed by atoms with van der Waals surface area (Å²) in [4.78, 5) is 12.4. The van der Waals surface area contributed by atoms with Gasteiger partial charge in [0.05, 0.1) is 17.9 Å². The van der Waals surface area contributed by atoms with Crippen LogP contribution in [0.25, 0.3) is 5.69 Å². The fraction of sp³-hybridized carbons (Fsp3) is 0.333. The predicted molar refractivity (Wildman–Crippen MR) is 77.0 cm³/mol. The van der Waals surface area contributed by atoms with Gasteiger partial charge >= 0.3 is 5.97 Å². The van der Waals surface area contributed by atoms with Crippen molar-refractivity contribution in [1.82, 2.24) is 14.7 Å². The Kier molecular flexibility index (Phi) is 4.20. The van der Waals surface area contributed by atoms with Gasteiger partial charge in [0.2, 0.25) is 0 Å². The van der Waals surface area contributed by atoms with Crippen molar-refractivity contribution in [1.29, 1.82) is 0 Å². The number of likely N-dealkylation sites (N-methyl/N-ethyl adjacent to an activating group) is 1. The molecule has 0 aliphatic carbocycles. The molecule has 0 fully saturated rings. The van der Waals surface area contributed by atoms with Crippen LogP contribution in [-0.2, 0) is 11.3 Å². The van der Waals surface area contributed by atoms with Crippen LogP contribution in [0.15, 0.2) is 30.3 Å². The number of aliphatic carboxylic acids is 1. The molecule has 0 radical (unpaired) electrons. The summed E-state index contributed by atoms with van der Waals surface area (Å²) in [6.45, 7) is 4.65. The van der Waals surface area contributed by atoms with Crippen LogP contribution in [0.1, 0.15) is 17.0 Å². The van der Waals surface area contributed by atoms with E-state index in [9.17, 15) is 4.79 Å². The Morgan fingerprint density at radius 1 is 1.30 bits per heavy atom. The molecule has 0 spiro atoms. The number of carboxylic acid groups (broad SMARTS) is 1. The molecule has 0 aliphatic heterocycles. The van der Waals surface area contributed by atoms with Crippen molar-refractivity contribution in [2.24, 2.45) is 0 Å². The number of benzene rings is 1. The maximum absolute atomic E-state index is 10.6. The molecule has 1 N–H and O–H groups in total. The highest BCUT2D eigenvalue weighted by atomic mass is 16.4. The number of aryl methyl sites for hydroxylation is 2. The molecule has 1 aromatic heterocycles. The summed E-state index contributed by atoms with van der Waals surface area (Å²) in [5.41, 5.74) is 4.19.